The number of amides is 1. The Hall–Kier alpha value is -0.610. The van der Waals surface area contributed by atoms with Gasteiger partial charge in [0.15, 0.2) is 0 Å². The van der Waals surface area contributed by atoms with Gasteiger partial charge in [-0.25, -0.2) is 0 Å². The van der Waals surface area contributed by atoms with Crippen molar-refractivity contribution in [2.24, 2.45) is 0 Å². The summed E-state index contributed by atoms with van der Waals surface area (Å²) in [4.78, 5) is 14.2. The number of carbonyl (C=O) groups is 1. The van der Waals surface area contributed by atoms with Crippen LogP contribution in [0.15, 0.2) is 0 Å². The third-order valence-corrected chi connectivity index (χ3v) is 3.84. The molecule has 0 aliphatic carbocycles. The van der Waals surface area contributed by atoms with Gasteiger partial charge in [-0.1, -0.05) is 19.8 Å². The number of carbonyl (C=O) groups excluding carboxylic acids is 1. The van der Waals surface area contributed by atoms with Crippen molar-refractivity contribution in [1.82, 2.24) is 10.2 Å². The standard InChI is InChI=1S/C14H28N2O2/c1-4-14(3,18)11-15-12(2)13(17)16-9-7-5-6-8-10-16/h12,15,18H,4-11H2,1-3H3. The Labute approximate surface area is 111 Å². The fourth-order valence-corrected chi connectivity index (χ4v) is 2.15. The SMILES string of the molecule is CCC(C)(O)CNC(C)C(=O)N1CCCCCC1. The maximum atomic E-state index is 12.2. The molecule has 1 fully saturated rings. The van der Waals surface area contributed by atoms with Gasteiger partial charge in [0.05, 0.1) is 11.6 Å². The molecule has 1 heterocycles. The molecule has 2 N–H and O–H groups in total. The van der Waals surface area contributed by atoms with E-state index in [1.807, 2.05) is 18.7 Å². The zero-order valence-electron chi connectivity index (χ0n) is 12.0. The molecule has 1 aliphatic rings. The summed E-state index contributed by atoms with van der Waals surface area (Å²) in [5, 5.41) is 13.1. The van der Waals surface area contributed by atoms with Crippen molar-refractivity contribution >= 4 is 5.91 Å². The number of nitrogens with one attached hydrogen (secondary N) is 1. The molecule has 18 heavy (non-hydrogen) atoms. The second-order valence-electron chi connectivity index (χ2n) is 5.69. The largest absolute Gasteiger partial charge is 0.389 e. The average molecular weight is 256 g/mol. The van der Waals surface area contributed by atoms with Crippen LogP contribution in [0.5, 0.6) is 0 Å². The quantitative estimate of drug-likeness (QED) is 0.784. The number of rotatable bonds is 5. The van der Waals surface area contributed by atoms with Crippen molar-refractivity contribution in [3.8, 4) is 0 Å². The van der Waals surface area contributed by atoms with Gasteiger partial charge < -0.3 is 15.3 Å². The number of nitrogens with zero attached hydrogens (tertiary/aromatic N) is 1. The van der Waals surface area contributed by atoms with Gasteiger partial charge in [-0.05, 0) is 33.1 Å². The summed E-state index contributed by atoms with van der Waals surface area (Å²) in [5.74, 6) is 0.170. The molecule has 1 amide bonds. The molecule has 1 aliphatic heterocycles. The average Bonchev–Trinajstić information content (AvgIpc) is 2.64. The van der Waals surface area contributed by atoms with Gasteiger partial charge >= 0.3 is 0 Å². The van der Waals surface area contributed by atoms with Gasteiger partial charge in [-0.2, -0.15) is 0 Å². The minimum atomic E-state index is -0.729. The van der Waals surface area contributed by atoms with Crippen molar-refractivity contribution in [3.63, 3.8) is 0 Å². The molecule has 0 spiro atoms. The van der Waals surface area contributed by atoms with E-state index >= 15 is 0 Å². The maximum absolute atomic E-state index is 12.2. The second kappa shape index (κ2) is 7.10. The molecule has 4 heteroatoms. The van der Waals surface area contributed by atoms with E-state index in [2.05, 4.69) is 5.32 Å². The van der Waals surface area contributed by atoms with Crippen molar-refractivity contribution in [2.75, 3.05) is 19.6 Å². The highest BCUT2D eigenvalue weighted by atomic mass is 16.3. The molecule has 1 saturated heterocycles. The molecule has 0 saturated carbocycles. The highest BCUT2D eigenvalue weighted by Crippen LogP contribution is 2.11. The van der Waals surface area contributed by atoms with E-state index in [4.69, 9.17) is 0 Å². The van der Waals surface area contributed by atoms with Gasteiger partial charge in [-0.3, -0.25) is 4.79 Å². The summed E-state index contributed by atoms with van der Waals surface area (Å²) in [7, 11) is 0. The lowest BCUT2D eigenvalue weighted by Gasteiger charge is -2.28. The van der Waals surface area contributed by atoms with Gasteiger partial charge in [0.1, 0.15) is 0 Å². The van der Waals surface area contributed by atoms with E-state index in [1.54, 1.807) is 6.92 Å². The Morgan fingerprint density at radius 2 is 1.89 bits per heavy atom. The summed E-state index contributed by atoms with van der Waals surface area (Å²) >= 11 is 0. The molecular weight excluding hydrogens is 228 g/mol. The molecule has 0 aromatic rings. The van der Waals surface area contributed by atoms with E-state index < -0.39 is 5.60 Å². The van der Waals surface area contributed by atoms with Crippen molar-refractivity contribution in [3.05, 3.63) is 0 Å². The Bertz CT molecular complexity index is 259. The van der Waals surface area contributed by atoms with Crippen LogP contribution in [0.25, 0.3) is 0 Å². The van der Waals surface area contributed by atoms with Crippen LogP contribution in [0, 0.1) is 0 Å². The van der Waals surface area contributed by atoms with Crippen LogP contribution in [-0.4, -0.2) is 47.2 Å². The third kappa shape index (κ3) is 4.94. The fourth-order valence-electron chi connectivity index (χ4n) is 2.15. The fraction of sp³-hybridized carbons (Fsp3) is 0.929. The molecule has 2 unspecified atom stereocenters. The monoisotopic (exact) mass is 256 g/mol. The Balaban J connectivity index is 2.40. The van der Waals surface area contributed by atoms with Gasteiger partial charge in [0.25, 0.3) is 0 Å². The minimum absolute atomic E-state index is 0.170. The predicted octanol–water partition coefficient (Wildman–Crippen LogP) is 1.53. The lowest BCUT2D eigenvalue weighted by Crippen LogP contribution is -2.49. The lowest BCUT2D eigenvalue weighted by atomic mass is 10.0. The van der Waals surface area contributed by atoms with Gasteiger partial charge in [0.2, 0.25) is 5.91 Å². The zero-order chi connectivity index (χ0) is 13.6. The van der Waals surface area contributed by atoms with Crippen molar-refractivity contribution < 1.29 is 9.90 Å². The van der Waals surface area contributed by atoms with Crippen LogP contribution in [-0.2, 0) is 4.79 Å². The zero-order valence-corrected chi connectivity index (χ0v) is 12.0. The maximum Gasteiger partial charge on any atom is 0.239 e. The van der Waals surface area contributed by atoms with E-state index in [0.29, 0.717) is 13.0 Å². The van der Waals surface area contributed by atoms with Gasteiger partial charge in [0, 0.05) is 19.6 Å². The summed E-state index contributed by atoms with van der Waals surface area (Å²) < 4.78 is 0. The first kappa shape index (κ1) is 15.4. The Kier molecular flexibility index (Phi) is 6.09. The highest BCUT2D eigenvalue weighted by Gasteiger charge is 2.24. The van der Waals surface area contributed by atoms with Crippen molar-refractivity contribution in [2.45, 2.75) is 64.5 Å². The molecule has 4 nitrogen and oxygen atoms in total. The van der Waals surface area contributed by atoms with Crippen LogP contribution in [0.4, 0.5) is 0 Å². The second-order valence-corrected chi connectivity index (χ2v) is 5.69. The van der Waals surface area contributed by atoms with Crippen LogP contribution in [0.1, 0.15) is 52.9 Å². The summed E-state index contributed by atoms with van der Waals surface area (Å²) in [6.45, 7) is 7.86. The highest BCUT2D eigenvalue weighted by molar-refractivity contribution is 5.81. The Morgan fingerprint density at radius 3 is 2.39 bits per heavy atom. The molecule has 1 rings (SSSR count). The van der Waals surface area contributed by atoms with Crippen LogP contribution in [0.3, 0.4) is 0 Å². The first-order valence-corrected chi connectivity index (χ1v) is 7.21. The molecule has 0 radical (unpaired) electrons. The summed E-state index contributed by atoms with van der Waals surface area (Å²) in [6, 6.07) is -0.207. The number of hydrogen-bond acceptors (Lipinski definition) is 3. The first-order valence-electron chi connectivity index (χ1n) is 7.21. The molecule has 106 valence electrons. The Morgan fingerprint density at radius 1 is 1.33 bits per heavy atom. The molecule has 2 atom stereocenters. The summed E-state index contributed by atoms with van der Waals surface area (Å²) in [6.07, 6.45) is 5.38. The third-order valence-electron chi connectivity index (χ3n) is 3.84. The van der Waals surface area contributed by atoms with E-state index in [1.165, 1.54) is 12.8 Å². The van der Waals surface area contributed by atoms with Crippen molar-refractivity contribution in [1.29, 1.82) is 0 Å². The van der Waals surface area contributed by atoms with E-state index in [-0.39, 0.29) is 11.9 Å². The van der Waals surface area contributed by atoms with E-state index in [9.17, 15) is 9.90 Å². The number of aliphatic hydroxyl groups is 1. The van der Waals surface area contributed by atoms with Crippen LogP contribution >= 0.6 is 0 Å². The number of likely N-dealkylation sites (tertiary alicyclic amines) is 1. The minimum Gasteiger partial charge on any atom is -0.389 e. The molecule has 0 bridgehead atoms. The molecule has 0 aromatic heterocycles. The van der Waals surface area contributed by atoms with Crippen LogP contribution < -0.4 is 5.32 Å². The van der Waals surface area contributed by atoms with Gasteiger partial charge in [-0.15, -0.1) is 0 Å². The number of hydrogen-bond donors (Lipinski definition) is 2. The topological polar surface area (TPSA) is 52.6 Å². The predicted molar refractivity (Wildman–Crippen MR) is 73.4 cm³/mol. The lowest BCUT2D eigenvalue weighted by molar-refractivity contribution is -0.133. The summed E-state index contributed by atoms with van der Waals surface area (Å²) in [5.41, 5.74) is -0.729. The molecular formula is C14H28N2O2. The smallest absolute Gasteiger partial charge is 0.239 e. The first-order chi connectivity index (χ1) is 8.46. The van der Waals surface area contributed by atoms with E-state index in [0.717, 1.165) is 25.9 Å². The molecule has 0 aromatic carbocycles. The van der Waals surface area contributed by atoms with Crippen LogP contribution in [0.2, 0.25) is 0 Å². The normalized spacial score (nSPS) is 22.1.